The summed E-state index contributed by atoms with van der Waals surface area (Å²) in [6.07, 6.45) is 2.53. The van der Waals surface area contributed by atoms with Crippen LogP contribution in [0.15, 0.2) is 30.9 Å². The number of thioether (sulfide) groups is 1. The van der Waals surface area contributed by atoms with Gasteiger partial charge in [-0.2, -0.15) is 0 Å². The van der Waals surface area contributed by atoms with Crippen LogP contribution in [0, 0.1) is 18.8 Å². The van der Waals surface area contributed by atoms with Crippen LogP contribution in [-0.4, -0.2) is 73.0 Å². The van der Waals surface area contributed by atoms with Crippen LogP contribution in [0.1, 0.15) is 25.3 Å². The third-order valence-electron chi connectivity index (χ3n) is 7.36. The number of alkyl halides is 1. The molecular formula is C24H28BrClN2O5S. The summed E-state index contributed by atoms with van der Waals surface area (Å²) in [5.74, 6) is -3.46. The molecule has 184 valence electrons. The molecule has 3 unspecified atom stereocenters. The molecular weight excluding hydrogens is 544 g/mol. The highest BCUT2D eigenvalue weighted by Crippen LogP contribution is 2.68. The summed E-state index contributed by atoms with van der Waals surface area (Å²) in [6.45, 7) is 7.37. The Hall–Kier alpha value is -1.55. The van der Waals surface area contributed by atoms with Crippen molar-refractivity contribution in [2.24, 2.45) is 11.8 Å². The smallest absolute Gasteiger partial charge is 0.308 e. The molecule has 3 aliphatic heterocycles. The molecule has 0 aliphatic carbocycles. The topological polar surface area (TPSA) is 98.2 Å². The number of carbonyl (C=O) groups is 3. The zero-order chi connectivity index (χ0) is 24.9. The molecule has 1 spiro atoms. The third kappa shape index (κ3) is 3.62. The van der Waals surface area contributed by atoms with Crippen molar-refractivity contribution in [1.82, 2.24) is 4.90 Å². The molecule has 2 amide bonds. The number of hydrogen-bond acceptors (Lipinski definition) is 5. The quantitative estimate of drug-likeness (QED) is 0.366. The largest absolute Gasteiger partial charge is 0.481 e. The van der Waals surface area contributed by atoms with Crippen molar-refractivity contribution in [2.75, 3.05) is 18.1 Å². The molecule has 3 aliphatic rings. The van der Waals surface area contributed by atoms with E-state index in [0.29, 0.717) is 23.6 Å². The molecule has 10 heteroatoms. The Morgan fingerprint density at radius 1 is 1.47 bits per heavy atom. The average molecular weight is 572 g/mol. The number of carboxylic acids is 1. The fourth-order valence-corrected chi connectivity index (χ4v) is 9.88. The van der Waals surface area contributed by atoms with Gasteiger partial charge in [-0.05, 0) is 31.4 Å². The highest BCUT2D eigenvalue weighted by Gasteiger charge is 2.76. The van der Waals surface area contributed by atoms with E-state index in [1.807, 2.05) is 19.9 Å². The first-order chi connectivity index (χ1) is 16.1. The SMILES string of the molecule is C=CCN(C(=O)C1N([C@@H](CC)CO)C(=O)[C@@H]2[C@@H](C(=O)O)[C@@H]3SC12CC3Br)c1c(C)cccc1Cl. The summed E-state index contributed by atoms with van der Waals surface area (Å²) in [6, 6.07) is 3.84. The number of hydrogen-bond donors (Lipinski definition) is 2. The highest BCUT2D eigenvalue weighted by atomic mass is 79.9. The molecule has 0 saturated carbocycles. The minimum Gasteiger partial charge on any atom is -0.481 e. The summed E-state index contributed by atoms with van der Waals surface area (Å²) in [5.41, 5.74) is 1.34. The summed E-state index contributed by atoms with van der Waals surface area (Å²) in [4.78, 5) is 43.4. The Balaban J connectivity index is 1.89. The van der Waals surface area contributed by atoms with Gasteiger partial charge in [0.1, 0.15) is 6.04 Å². The van der Waals surface area contributed by atoms with E-state index in [4.69, 9.17) is 11.6 Å². The molecule has 1 aromatic carbocycles. The number of carbonyl (C=O) groups excluding carboxylic acids is 2. The minimum atomic E-state index is -1.03. The maximum absolute atomic E-state index is 14.4. The Morgan fingerprint density at radius 2 is 2.18 bits per heavy atom. The van der Waals surface area contributed by atoms with Crippen LogP contribution in [0.2, 0.25) is 5.02 Å². The Kier molecular flexibility index (Phi) is 7.12. The second kappa shape index (κ2) is 9.48. The van der Waals surface area contributed by atoms with Gasteiger partial charge in [-0.15, -0.1) is 18.3 Å². The maximum atomic E-state index is 14.4. The molecule has 3 heterocycles. The second-order valence-corrected chi connectivity index (χ2v) is 12.3. The van der Waals surface area contributed by atoms with Gasteiger partial charge in [0.15, 0.2) is 0 Å². The number of para-hydroxylation sites is 1. The van der Waals surface area contributed by atoms with E-state index in [9.17, 15) is 24.6 Å². The predicted molar refractivity (Wildman–Crippen MR) is 137 cm³/mol. The van der Waals surface area contributed by atoms with Crippen LogP contribution >= 0.6 is 39.3 Å². The number of rotatable bonds is 8. The normalized spacial score (nSPS) is 32.6. The monoisotopic (exact) mass is 570 g/mol. The number of amides is 2. The van der Waals surface area contributed by atoms with E-state index in [1.54, 1.807) is 23.1 Å². The van der Waals surface area contributed by atoms with Gasteiger partial charge >= 0.3 is 5.97 Å². The maximum Gasteiger partial charge on any atom is 0.308 e. The third-order valence-corrected chi connectivity index (χ3v) is 10.9. The summed E-state index contributed by atoms with van der Waals surface area (Å²) in [7, 11) is 0. The lowest BCUT2D eigenvalue weighted by molar-refractivity contribution is -0.149. The van der Waals surface area contributed by atoms with Crippen molar-refractivity contribution in [2.45, 2.75) is 53.6 Å². The lowest BCUT2D eigenvalue weighted by Crippen LogP contribution is -2.58. The minimum absolute atomic E-state index is 0.137. The Labute approximate surface area is 216 Å². The number of aliphatic carboxylic acids is 1. The first-order valence-corrected chi connectivity index (χ1v) is 13.5. The average Bonchev–Trinajstić information content (AvgIpc) is 3.37. The summed E-state index contributed by atoms with van der Waals surface area (Å²) >= 11 is 11.6. The first-order valence-electron chi connectivity index (χ1n) is 11.3. The number of aryl methyl sites for hydroxylation is 1. The number of halogens is 2. The van der Waals surface area contributed by atoms with E-state index in [-0.39, 0.29) is 35.0 Å². The van der Waals surface area contributed by atoms with Gasteiger partial charge in [-0.1, -0.05) is 52.7 Å². The Bertz CT molecular complexity index is 1020. The van der Waals surface area contributed by atoms with E-state index in [0.717, 1.165) is 5.56 Å². The molecule has 0 radical (unpaired) electrons. The van der Waals surface area contributed by atoms with E-state index < -0.39 is 34.6 Å². The van der Waals surface area contributed by atoms with Crippen molar-refractivity contribution in [3.8, 4) is 0 Å². The van der Waals surface area contributed by atoms with E-state index in [1.165, 1.54) is 16.7 Å². The van der Waals surface area contributed by atoms with Gasteiger partial charge in [0, 0.05) is 16.6 Å². The van der Waals surface area contributed by atoms with Crippen molar-refractivity contribution in [1.29, 1.82) is 0 Å². The fourth-order valence-electron chi connectivity index (χ4n) is 5.97. The molecule has 7 atom stereocenters. The van der Waals surface area contributed by atoms with Crippen LogP contribution in [0.5, 0.6) is 0 Å². The number of benzene rings is 1. The fraction of sp³-hybridized carbons (Fsp3) is 0.542. The van der Waals surface area contributed by atoms with Crippen molar-refractivity contribution < 1.29 is 24.6 Å². The van der Waals surface area contributed by atoms with E-state index in [2.05, 4.69) is 22.5 Å². The molecule has 3 fully saturated rings. The van der Waals surface area contributed by atoms with Crippen LogP contribution < -0.4 is 4.90 Å². The number of aliphatic hydroxyl groups is 1. The van der Waals surface area contributed by atoms with Crippen molar-refractivity contribution in [3.63, 3.8) is 0 Å². The number of nitrogens with zero attached hydrogens (tertiary/aromatic N) is 2. The lowest BCUT2D eigenvalue weighted by atomic mass is 9.71. The van der Waals surface area contributed by atoms with Crippen molar-refractivity contribution >= 4 is 62.8 Å². The number of likely N-dealkylation sites (tertiary alicyclic amines) is 1. The Morgan fingerprint density at radius 3 is 2.74 bits per heavy atom. The molecule has 2 bridgehead atoms. The standard InChI is InChI=1S/C24H28BrClN2O5S/c1-4-9-27(18-12(3)7-6-8-15(18)26)22(31)20-24-10-14(25)19(34-24)16(23(32)33)17(24)21(30)28(20)13(5-2)11-29/h4,6-8,13-14,16-17,19-20,29H,1,5,9-11H2,2-3H3,(H,32,33)/t13-,14?,16+,17-,19+,20?,24?/m0/s1. The van der Waals surface area contributed by atoms with Crippen LogP contribution in [0.25, 0.3) is 0 Å². The summed E-state index contributed by atoms with van der Waals surface area (Å²) in [5, 5.41) is 20.3. The molecule has 0 aromatic heterocycles. The first kappa shape index (κ1) is 25.5. The number of carboxylic acid groups (broad SMARTS) is 1. The van der Waals surface area contributed by atoms with Crippen molar-refractivity contribution in [3.05, 3.63) is 41.4 Å². The van der Waals surface area contributed by atoms with Gasteiger partial charge in [0.25, 0.3) is 5.91 Å². The van der Waals surface area contributed by atoms with Gasteiger partial charge in [0.2, 0.25) is 5.91 Å². The number of aliphatic hydroxyl groups excluding tert-OH is 1. The van der Waals surface area contributed by atoms with Crippen LogP contribution in [0.3, 0.4) is 0 Å². The van der Waals surface area contributed by atoms with Gasteiger partial charge < -0.3 is 20.0 Å². The lowest BCUT2D eigenvalue weighted by Gasteiger charge is -2.40. The molecule has 3 saturated heterocycles. The number of anilines is 1. The van der Waals surface area contributed by atoms with Crippen LogP contribution in [-0.2, 0) is 14.4 Å². The molecule has 34 heavy (non-hydrogen) atoms. The highest BCUT2D eigenvalue weighted by molar-refractivity contribution is 9.09. The van der Waals surface area contributed by atoms with Gasteiger partial charge in [-0.3, -0.25) is 14.4 Å². The summed E-state index contributed by atoms with van der Waals surface area (Å²) < 4.78 is -0.909. The van der Waals surface area contributed by atoms with Gasteiger partial charge in [0.05, 0.1) is 39.9 Å². The zero-order valence-electron chi connectivity index (χ0n) is 19.0. The molecule has 2 N–H and O–H groups in total. The van der Waals surface area contributed by atoms with Crippen LogP contribution in [0.4, 0.5) is 5.69 Å². The number of fused-ring (bicyclic) bond motifs is 1. The molecule has 4 rings (SSSR count). The van der Waals surface area contributed by atoms with Gasteiger partial charge in [-0.25, -0.2) is 0 Å². The predicted octanol–water partition coefficient (Wildman–Crippen LogP) is 3.49. The zero-order valence-corrected chi connectivity index (χ0v) is 22.1. The van der Waals surface area contributed by atoms with E-state index >= 15 is 0 Å². The molecule has 1 aromatic rings. The second-order valence-electron chi connectivity index (χ2n) is 9.13. The molecule has 7 nitrogen and oxygen atoms in total.